The number of aromatic nitrogens is 2. The van der Waals surface area contributed by atoms with E-state index in [0.29, 0.717) is 5.82 Å². The van der Waals surface area contributed by atoms with Gasteiger partial charge in [-0.15, -0.1) is 0 Å². The number of nitrogens with zero attached hydrogens (tertiary/aromatic N) is 2. The Labute approximate surface area is 112 Å². The molecule has 0 aliphatic rings. The second-order valence-corrected chi connectivity index (χ2v) is 4.39. The highest BCUT2D eigenvalue weighted by Gasteiger charge is 2.20. The van der Waals surface area contributed by atoms with Crippen molar-refractivity contribution in [3.63, 3.8) is 0 Å². The van der Waals surface area contributed by atoms with Crippen LogP contribution in [0.1, 0.15) is 18.7 Å². The average molecular weight is 287 g/mol. The Kier molecular flexibility index (Phi) is 5.18. The number of urea groups is 1. The quantitative estimate of drug-likeness (QED) is 0.564. The Hall–Kier alpha value is -2.23. The van der Waals surface area contributed by atoms with E-state index in [2.05, 4.69) is 20.0 Å². The number of hydrogen-bond donors (Lipinski definition) is 4. The van der Waals surface area contributed by atoms with Crippen LogP contribution in [-0.4, -0.2) is 38.4 Å². The molecule has 0 aromatic carbocycles. The zero-order valence-corrected chi connectivity index (χ0v) is 10.9. The van der Waals surface area contributed by atoms with E-state index in [1.54, 1.807) is 6.92 Å². The van der Waals surface area contributed by atoms with Crippen molar-refractivity contribution in [3.05, 3.63) is 5.82 Å². The average Bonchev–Trinajstić information content (AvgIpc) is 2.69. The summed E-state index contributed by atoms with van der Waals surface area (Å²) >= 11 is 0.977. The number of aryl methyl sites for hydroxylation is 1. The van der Waals surface area contributed by atoms with Gasteiger partial charge in [-0.2, -0.15) is 4.37 Å². The fourth-order valence-electron chi connectivity index (χ4n) is 1.18. The molecule has 3 amide bonds. The Morgan fingerprint density at radius 3 is 2.63 bits per heavy atom. The molecule has 1 atom stereocenters. The molecule has 0 saturated carbocycles. The summed E-state index contributed by atoms with van der Waals surface area (Å²) in [6, 6.07) is -1.92. The van der Waals surface area contributed by atoms with Gasteiger partial charge in [0.2, 0.25) is 11.0 Å². The van der Waals surface area contributed by atoms with E-state index in [1.807, 2.05) is 0 Å². The molecule has 1 rings (SSSR count). The van der Waals surface area contributed by atoms with Crippen molar-refractivity contribution in [2.24, 2.45) is 5.73 Å². The van der Waals surface area contributed by atoms with E-state index in [1.165, 1.54) is 0 Å². The summed E-state index contributed by atoms with van der Waals surface area (Å²) in [5.74, 6) is -1.37. The highest BCUT2D eigenvalue weighted by molar-refractivity contribution is 7.09. The predicted molar refractivity (Wildman–Crippen MR) is 66.7 cm³/mol. The summed E-state index contributed by atoms with van der Waals surface area (Å²) < 4.78 is 3.85. The molecule has 1 aromatic rings. The number of carboxylic acid groups (broad SMARTS) is 1. The molecule has 10 heteroatoms. The van der Waals surface area contributed by atoms with E-state index < -0.39 is 23.9 Å². The highest BCUT2D eigenvalue weighted by Crippen LogP contribution is 2.09. The first-order chi connectivity index (χ1) is 8.88. The van der Waals surface area contributed by atoms with Gasteiger partial charge in [-0.25, -0.2) is 14.6 Å². The minimum absolute atomic E-state index is 0.0762. The van der Waals surface area contributed by atoms with Gasteiger partial charge in [-0.05, 0) is 13.3 Å². The molecule has 1 aromatic heterocycles. The van der Waals surface area contributed by atoms with Gasteiger partial charge in [0.05, 0.1) is 0 Å². The number of nitrogens with one attached hydrogen (secondary N) is 2. The second kappa shape index (κ2) is 6.64. The van der Waals surface area contributed by atoms with E-state index >= 15 is 0 Å². The molecular formula is C9H13N5O4S. The molecule has 0 spiro atoms. The van der Waals surface area contributed by atoms with Gasteiger partial charge in [-0.1, -0.05) is 0 Å². The summed E-state index contributed by atoms with van der Waals surface area (Å²) in [5.41, 5.74) is 4.92. The van der Waals surface area contributed by atoms with Crippen LogP contribution in [-0.2, 0) is 9.59 Å². The highest BCUT2D eigenvalue weighted by atomic mass is 32.1. The van der Waals surface area contributed by atoms with Crippen molar-refractivity contribution in [3.8, 4) is 0 Å². The zero-order valence-electron chi connectivity index (χ0n) is 10.0. The summed E-state index contributed by atoms with van der Waals surface area (Å²) in [6.45, 7) is 1.66. The van der Waals surface area contributed by atoms with Crippen molar-refractivity contribution in [1.29, 1.82) is 0 Å². The zero-order chi connectivity index (χ0) is 14.4. The normalized spacial score (nSPS) is 11.6. The number of anilines is 1. The molecule has 0 saturated heterocycles. The Morgan fingerprint density at radius 2 is 2.16 bits per heavy atom. The topological polar surface area (TPSA) is 147 Å². The predicted octanol–water partition coefficient (Wildman–Crippen LogP) is -0.313. The number of nitrogens with two attached hydrogens (primary N) is 1. The first kappa shape index (κ1) is 14.8. The first-order valence-corrected chi connectivity index (χ1v) is 6.04. The third-order valence-corrected chi connectivity index (χ3v) is 2.75. The van der Waals surface area contributed by atoms with E-state index in [9.17, 15) is 14.4 Å². The number of primary amides is 1. The maximum atomic E-state index is 11.5. The lowest BCUT2D eigenvalue weighted by Crippen LogP contribution is -2.43. The third-order valence-electron chi connectivity index (χ3n) is 2.03. The van der Waals surface area contributed by atoms with Crippen LogP contribution in [0.2, 0.25) is 0 Å². The number of carbonyl (C=O) groups is 3. The molecule has 0 aliphatic carbocycles. The summed E-state index contributed by atoms with van der Waals surface area (Å²) in [5, 5.41) is 13.7. The molecule has 0 bridgehead atoms. The van der Waals surface area contributed by atoms with Crippen LogP contribution in [0.25, 0.3) is 0 Å². The number of carboxylic acids is 1. The van der Waals surface area contributed by atoms with Gasteiger partial charge in [-0.3, -0.25) is 10.1 Å². The number of hydrogen-bond acceptors (Lipinski definition) is 6. The van der Waals surface area contributed by atoms with Crippen LogP contribution in [0, 0.1) is 6.92 Å². The summed E-state index contributed by atoms with van der Waals surface area (Å²) in [7, 11) is 0. The van der Waals surface area contributed by atoms with Crippen molar-refractivity contribution in [2.75, 3.05) is 5.32 Å². The Bertz CT molecular complexity index is 489. The van der Waals surface area contributed by atoms with Crippen LogP contribution in [0.5, 0.6) is 0 Å². The molecule has 1 heterocycles. The van der Waals surface area contributed by atoms with Gasteiger partial charge < -0.3 is 16.2 Å². The number of amides is 3. The van der Waals surface area contributed by atoms with Crippen molar-refractivity contribution >= 4 is 34.6 Å². The maximum Gasteiger partial charge on any atom is 0.326 e. The lowest BCUT2D eigenvalue weighted by Gasteiger charge is -2.13. The van der Waals surface area contributed by atoms with Crippen molar-refractivity contribution < 1.29 is 19.5 Å². The van der Waals surface area contributed by atoms with Gasteiger partial charge in [0, 0.05) is 18.0 Å². The van der Waals surface area contributed by atoms with Crippen LogP contribution >= 0.6 is 11.5 Å². The fourth-order valence-corrected chi connectivity index (χ4v) is 1.75. The van der Waals surface area contributed by atoms with Crippen LogP contribution < -0.4 is 16.4 Å². The molecular weight excluding hydrogens is 274 g/mol. The minimum Gasteiger partial charge on any atom is -0.480 e. The van der Waals surface area contributed by atoms with Gasteiger partial charge in [0.15, 0.2) is 0 Å². The third kappa shape index (κ3) is 5.29. The van der Waals surface area contributed by atoms with E-state index in [0.717, 1.165) is 11.5 Å². The van der Waals surface area contributed by atoms with Gasteiger partial charge >= 0.3 is 12.0 Å². The smallest absolute Gasteiger partial charge is 0.326 e. The fraction of sp³-hybridized carbons (Fsp3) is 0.444. The van der Waals surface area contributed by atoms with Crippen LogP contribution in [0.3, 0.4) is 0 Å². The molecule has 5 N–H and O–H groups in total. The van der Waals surface area contributed by atoms with Crippen LogP contribution in [0.4, 0.5) is 9.93 Å². The second-order valence-electron chi connectivity index (χ2n) is 3.64. The molecule has 0 fully saturated rings. The molecule has 19 heavy (non-hydrogen) atoms. The van der Waals surface area contributed by atoms with Crippen LogP contribution in [0.15, 0.2) is 0 Å². The number of rotatable bonds is 6. The van der Waals surface area contributed by atoms with Gasteiger partial charge in [0.25, 0.3) is 0 Å². The Morgan fingerprint density at radius 1 is 1.47 bits per heavy atom. The van der Waals surface area contributed by atoms with Crippen molar-refractivity contribution in [1.82, 2.24) is 14.7 Å². The summed E-state index contributed by atoms with van der Waals surface area (Å²) in [4.78, 5) is 36.9. The van der Waals surface area contributed by atoms with E-state index in [-0.39, 0.29) is 18.0 Å². The SMILES string of the molecule is Cc1nsc(NC(=O)NC(CCC(N)=O)C(=O)O)n1. The Balaban J connectivity index is 2.51. The lowest BCUT2D eigenvalue weighted by atomic mass is 10.1. The minimum atomic E-state index is -1.25. The summed E-state index contributed by atoms with van der Waals surface area (Å²) in [6.07, 6.45) is -0.206. The first-order valence-electron chi connectivity index (χ1n) is 5.27. The van der Waals surface area contributed by atoms with Crippen molar-refractivity contribution in [2.45, 2.75) is 25.8 Å². The van der Waals surface area contributed by atoms with Gasteiger partial charge in [0.1, 0.15) is 11.9 Å². The molecule has 1 unspecified atom stereocenters. The van der Waals surface area contributed by atoms with E-state index in [4.69, 9.17) is 10.8 Å². The monoisotopic (exact) mass is 287 g/mol. The standard InChI is InChI=1S/C9H13N5O4S/c1-4-11-9(19-14-4)13-8(18)12-5(7(16)17)2-3-6(10)15/h5H,2-3H2,1H3,(H2,10,15)(H,16,17)(H2,11,12,13,14,18). The lowest BCUT2D eigenvalue weighted by molar-refractivity contribution is -0.139. The molecule has 0 aliphatic heterocycles. The largest absolute Gasteiger partial charge is 0.480 e. The number of aliphatic carboxylic acids is 1. The molecule has 104 valence electrons. The molecule has 0 radical (unpaired) electrons. The molecule has 9 nitrogen and oxygen atoms in total. The number of carbonyl (C=O) groups excluding carboxylic acids is 2. The maximum absolute atomic E-state index is 11.5.